The molecule has 2 aromatic rings. The van der Waals surface area contributed by atoms with Crippen LogP contribution in [0.4, 0.5) is 5.69 Å². The van der Waals surface area contributed by atoms with Gasteiger partial charge in [-0.2, -0.15) is 0 Å². The van der Waals surface area contributed by atoms with Crippen LogP contribution in [-0.4, -0.2) is 11.8 Å². The summed E-state index contributed by atoms with van der Waals surface area (Å²) in [6, 6.07) is 13.1. The number of aryl methyl sites for hydroxylation is 1. The minimum absolute atomic E-state index is 0.0169. The molecular weight excluding hydrogens is 336 g/mol. The van der Waals surface area contributed by atoms with Crippen molar-refractivity contribution in [2.24, 2.45) is 0 Å². The summed E-state index contributed by atoms with van der Waals surface area (Å²) in [6.45, 7) is 2.08. The molecule has 1 fully saturated rings. The minimum Gasteiger partial charge on any atom is -0.348 e. The van der Waals surface area contributed by atoms with Crippen molar-refractivity contribution >= 4 is 29.1 Å². The molecule has 2 heterocycles. The molecule has 2 aliphatic heterocycles. The molecule has 4 rings (SSSR count). The van der Waals surface area contributed by atoms with Crippen LogP contribution in [0.1, 0.15) is 42.5 Å². The summed E-state index contributed by atoms with van der Waals surface area (Å²) in [7, 11) is 0. The lowest BCUT2D eigenvalue weighted by Crippen LogP contribution is -2.52. The summed E-state index contributed by atoms with van der Waals surface area (Å²) in [5.41, 5.74) is 3.02. The largest absolute Gasteiger partial charge is 0.348 e. The molecule has 2 aliphatic rings. The van der Waals surface area contributed by atoms with Crippen molar-refractivity contribution in [2.45, 2.75) is 37.6 Å². The van der Waals surface area contributed by atoms with Gasteiger partial charge in [-0.05, 0) is 41.7 Å². The number of amides is 2. The van der Waals surface area contributed by atoms with Crippen molar-refractivity contribution in [2.75, 3.05) is 5.32 Å². The van der Waals surface area contributed by atoms with Crippen LogP contribution in [0.2, 0.25) is 5.02 Å². The first kappa shape index (κ1) is 16.2. The normalized spacial score (nSPS) is 24.8. The maximum Gasteiger partial charge on any atom is 0.237 e. The fourth-order valence-electron chi connectivity index (χ4n) is 4.19. The van der Waals surface area contributed by atoms with Crippen molar-refractivity contribution in [1.29, 1.82) is 0 Å². The zero-order valence-electron chi connectivity index (χ0n) is 13.9. The quantitative estimate of drug-likeness (QED) is 0.863. The third-order valence-corrected chi connectivity index (χ3v) is 5.64. The lowest BCUT2D eigenvalue weighted by Gasteiger charge is -2.41. The Morgan fingerprint density at radius 1 is 1.20 bits per heavy atom. The first-order valence-electron chi connectivity index (χ1n) is 8.55. The van der Waals surface area contributed by atoms with Gasteiger partial charge in [-0.1, -0.05) is 48.9 Å². The molecule has 1 saturated heterocycles. The highest BCUT2D eigenvalue weighted by atomic mass is 35.5. The molecule has 4 nitrogen and oxygen atoms in total. The molecule has 25 heavy (non-hydrogen) atoms. The summed E-state index contributed by atoms with van der Waals surface area (Å²) < 4.78 is 0. The second-order valence-corrected chi connectivity index (χ2v) is 7.10. The number of benzene rings is 2. The molecule has 0 bridgehead atoms. The molecule has 128 valence electrons. The first-order chi connectivity index (χ1) is 12.1. The van der Waals surface area contributed by atoms with Crippen LogP contribution in [0, 0.1) is 0 Å². The van der Waals surface area contributed by atoms with Gasteiger partial charge in [0.25, 0.3) is 0 Å². The molecule has 0 aliphatic carbocycles. The molecule has 0 radical (unpaired) electrons. The lowest BCUT2D eigenvalue weighted by atomic mass is 9.67. The van der Waals surface area contributed by atoms with Gasteiger partial charge in [0.15, 0.2) is 0 Å². The number of rotatable bonds is 2. The number of fused-ring (bicyclic) bond motifs is 2. The molecular formula is C20H19ClN2O2. The van der Waals surface area contributed by atoms with Gasteiger partial charge in [-0.25, -0.2) is 0 Å². The number of hydrogen-bond donors (Lipinski definition) is 2. The number of anilines is 1. The van der Waals surface area contributed by atoms with Crippen LogP contribution in [0.3, 0.4) is 0 Å². The van der Waals surface area contributed by atoms with E-state index in [0.29, 0.717) is 17.9 Å². The summed E-state index contributed by atoms with van der Waals surface area (Å²) in [5, 5.41) is 6.65. The predicted octanol–water partition coefficient (Wildman–Crippen LogP) is 3.74. The van der Waals surface area contributed by atoms with Gasteiger partial charge in [0, 0.05) is 17.1 Å². The number of nitrogens with one attached hydrogen (secondary N) is 2. The first-order valence-corrected chi connectivity index (χ1v) is 8.92. The van der Waals surface area contributed by atoms with Crippen molar-refractivity contribution < 1.29 is 9.59 Å². The number of carbonyl (C=O) groups excluding carboxylic acids is 2. The average Bonchev–Trinajstić information content (AvgIpc) is 2.88. The van der Waals surface area contributed by atoms with E-state index in [2.05, 4.69) is 23.6 Å². The minimum atomic E-state index is -0.793. The van der Waals surface area contributed by atoms with Gasteiger partial charge in [-0.3, -0.25) is 9.59 Å². The van der Waals surface area contributed by atoms with Crippen LogP contribution in [0.5, 0.6) is 0 Å². The smallest absolute Gasteiger partial charge is 0.237 e. The van der Waals surface area contributed by atoms with E-state index >= 15 is 0 Å². The predicted molar refractivity (Wildman–Crippen MR) is 97.7 cm³/mol. The van der Waals surface area contributed by atoms with E-state index in [1.165, 1.54) is 0 Å². The Balaban J connectivity index is 1.93. The van der Waals surface area contributed by atoms with Gasteiger partial charge < -0.3 is 10.6 Å². The van der Waals surface area contributed by atoms with E-state index in [1.807, 2.05) is 30.3 Å². The second-order valence-electron chi connectivity index (χ2n) is 6.67. The number of piperidine rings is 1. The zero-order chi connectivity index (χ0) is 17.6. The second kappa shape index (κ2) is 5.88. The SMILES string of the molecule is CCc1ccccc1[C@H]1NC(=O)CC[C@]12C(=O)Nc1cc(Cl)ccc12. The standard InChI is InChI=1S/C20H19ClN2O2/c1-2-12-5-3-4-6-14(12)18-20(10-9-17(24)23-18)15-8-7-13(21)11-16(15)22-19(20)25/h3-8,11,18H,2,9-10H2,1H3,(H,22,25)(H,23,24)/t18-,20-/m1/s1. The van der Waals surface area contributed by atoms with Gasteiger partial charge in [0.05, 0.1) is 6.04 Å². The Hall–Kier alpha value is -2.33. The highest BCUT2D eigenvalue weighted by molar-refractivity contribution is 6.31. The summed E-state index contributed by atoms with van der Waals surface area (Å²) in [5.74, 6) is -0.0857. The van der Waals surface area contributed by atoms with E-state index in [1.54, 1.807) is 6.07 Å². The number of hydrogen-bond acceptors (Lipinski definition) is 2. The van der Waals surface area contributed by atoms with Crippen molar-refractivity contribution in [3.8, 4) is 0 Å². The molecule has 5 heteroatoms. The van der Waals surface area contributed by atoms with Crippen molar-refractivity contribution in [3.05, 3.63) is 64.2 Å². The van der Waals surface area contributed by atoms with Crippen molar-refractivity contribution in [1.82, 2.24) is 5.32 Å². The Morgan fingerprint density at radius 2 is 2.00 bits per heavy atom. The van der Waals surface area contributed by atoms with E-state index < -0.39 is 5.41 Å². The third-order valence-electron chi connectivity index (χ3n) is 5.41. The van der Waals surface area contributed by atoms with Crippen LogP contribution in [-0.2, 0) is 21.4 Å². The lowest BCUT2D eigenvalue weighted by molar-refractivity contribution is -0.130. The fraction of sp³-hybridized carbons (Fsp3) is 0.300. The maximum absolute atomic E-state index is 13.1. The molecule has 0 saturated carbocycles. The van der Waals surface area contributed by atoms with Gasteiger partial charge >= 0.3 is 0 Å². The van der Waals surface area contributed by atoms with Crippen LogP contribution >= 0.6 is 11.6 Å². The zero-order valence-corrected chi connectivity index (χ0v) is 14.7. The third kappa shape index (κ3) is 2.35. The van der Waals surface area contributed by atoms with Crippen LogP contribution in [0.15, 0.2) is 42.5 Å². The van der Waals surface area contributed by atoms with E-state index in [-0.39, 0.29) is 17.9 Å². The van der Waals surface area contributed by atoms with E-state index in [9.17, 15) is 9.59 Å². The van der Waals surface area contributed by atoms with Gasteiger partial charge in [0.2, 0.25) is 11.8 Å². The number of carbonyl (C=O) groups is 2. The molecule has 2 N–H and O–H groups in total. The van der Waals surface area contributed by atoms with E-state index in [0.717, 1.165) is 28.8 Å². The topological polar surface area (TPSA) is 58.2 Å². The van der Waals surface area contributed by atoms with E-state index in [4.69, 9.17) is 11.6 Å². The summed E-state index contributed by atoms with van der Waals surface area (Å²) in [6.07, 6.45) is 1.66. The van der Waals surface area contributed by atoms with Gasteiger partial charge in [0.1, 0.15) is 5.41 Å². The Kier molecular flexibility index (Phi) is 3.80. The monoisotopic (exact) mass is 354 g/mol. The summed E-state index contributed by atoms with van der Waals surface area (Å²) in [4.78, 5) is 25.3. The highest BCUT2D eigenvalue weighted by Gasteiger charge is 2.55. The highest BCUT2D eigenvalue weighted by Crippen LogP contribution is 2.51. The molecule has 1 spiro atoms. The maximum atomic E-state index is 13.1. The molecule has 2 amide bonds. The molecule has 0 unspecified atom stereocenters. The molecule has 0 aromatic heterocycles. The van der Waals surface area contributed by atoms with Crippen LogP contribution in [0.25, 0.3) is 0 Å². The Bertz CT molecular complexity index is 880. The Morgan fingerprint density at radius 3 is 2.80 bits per heavy atom. The molecule has 2 aromatic carbocycles. The fourth-order valence-corrected chi connectivity index (χ4v) is 4.36. The molecule has 2 atom stereocenters. The number of halogens is 1. The van der Waals surface area contributed by atoms with Crippen molar-refractivity contribution in [3.63, 3.8) is 0 Å². The van der Waals surface area contributed by atoms with Gasteiger partial charge in [-0.15, -0.1) is 0 Å². The average molecular weight is 355 g/mol. The summed E-state index contributed by atoms with van der Waals surface area (Å²) >= 11 is 6.10. The van der Waals surface area contributed by atoms with Crippen LogP contribution < -0.4 is 10.6 Å². The Labute approximate surface area is 151 Å².